The van der Waals surface area contributed by atoms with Crippen molar-refractivity contribution < 1.29 is 14.3 Å². The van der Waals surface area contributed by atoms with Crippen LogP contribution in [-0.2, 0) is 6.54 Å². The number of fused-ring (bicyclic) bond motifs is 1. The number of benzene rings is 2. The summed E-state index contributed by atoms with van der Waals surface area (Å²) >= 11 is 0. The minimum Gasteiger partial charge on any atom is -0.493 e. The van der Waals surface area contributed by atoms with Crippen molar-refractivity contribution in [2.45, 2.75) is 19.4 Å². The lowest BCUT2D eigenvalue weighted by Gasteiger charge is -2.28. The number of rotatable bonds is 5. The molecular weight excluding hydrogens is 350 g/mol. The molecule has 0 aromatic heterocycles. The number of allylic oxidation sites excluding steroid dienone is 2. The number of ether oxygens (including phenoxy) is 2. The van der Waals surface area contributed by atoms with Crippen LogP contribution in [0.2, 0.25) is 0 Å². The van der Waals surface area contributed by atoms with Crippen LogP contribution in [0.15, 0.2) is 59.7 Å². The van der Waals surface area contributed by atoms with Gasteiger partial charge < -0.3 is 9.47 Å². The molecule has 0 N–H and O–H groups in total. The zero-order valence-corrected chi connectivity index (χ0v) is 16.4. The van der Waals surface area contributed by atoms with E-state index in [-0.39, 0.29) is 5.78 Å². The molecule has 28 heavy (non-hydrogen) atoms. The fourth-order valence-electron chi connectivity index (χ4n) is 3.91. The van der Waals surface area contributed by atoms with E-state index in [1.807, 2.05) is 12.1 Å². The van der Waals surface area contributed by atoms with E-state index < -0.39 is 0 Å². The Morgan fingerprint density at radius 1 is 1.00 bits per heavy atom. The van der Waals surface area contributed by atoms with Crippen LogP contribution in [-0.4, -0.2) is 38.0 Å². The topological polar surface area (TPSA) is 38.8 Å². The van der Waals surface area contributed by atoms with Crippen molar-refractivity contribution in [3.05, 3.63) is 76.4 Å². The molecule has 0 spiro atoms. The summed E-state index contributed by atoms with van der Waals surface area (Å²) in [6, 6.07) is 14.2. The minimum atomic E-state index is 0.0650. The van der Waals surface area contributed by atoms with E-state index in [1.165, 1.54) is 11.1 Å². The van der Waals surface area contributed by atoms with Crippen LogP contribution in [0.3, 0.4) is 0 Å². The Labute approximate surface area is 166 Å². The highest BCUT2D eigenvalue weighted by molar-refractivity contribution is 6.20. The number of Topliss-reactive ketones (excluding diaryl/α,β-unsaturated/α-hetero) is 1. The number of carbonyl (C=O) groups is 1. The monoisotopic (exact) mass is 375 g/mol. The zero-order chi connectivity index (χ0) is 19.5. The SMILES string of the molecule is COc1cc2c(cc1OC)C(=O)C(C=C1CCN(Cc3ccccc3)CC1)=C2. The second-order valence-electron chi connectivity index (χ2n) is 7.29. The molecule has 4 rings (SSSR count). The van der Waals surface area contributed by atoms with Crippen LogP contribution in [0.5, 0.6) is 11.5 Å². The highest BCUT2D eigenvalue weighted by atomic mass is 16.5. The molecule has 1 aliphatic heterocycles. The predicted octanol–water partition coefficient (Wildman–Crippen LogP) is 4.51. The molecule has 144 valence electrons. The highest BCUT2D eigenvalue weighted by Crippen LogP contribution is 2.36. The van der Waals surface area contributed by atoms with E-state index in [2.05, 4.69) is 41.3 Å². The summed E-state index contributed by atoms with van der Waals surface area (Å²) in [5, 5.41) is 0. The van der Waals surface area contributed by atoms with Crippen LogP contribution < -0.4 is 9.47 Å². The third-order valence-electron chi connectivity index (χ3n) is 5.48. The number of piperidine rings is 1. The second kappa shape index (κ2) is 8.03. The molecule has 0 unspecified atom stereocenters. The van der Waals surface area contributed by atoms with Gasteiger partial charge in [-0.15, -0.1) is 0 Å². The lowest BCUT2D eigenvalue weighted by atomic mass is 9.99. The van der Waals surface area contributed by atoms with Gasteiger partial charge in [0.25, 0.3) is 0 Å². The van der Waals surface area contributed by atoms with Gasteiger partial charge in [-0.25, -0.2) is 0 Å². The number of methoxy groups -OCH3 is 2. The normalized spacial score (nSPS) is 16.6. The average molecular weight is 375 g/mol. The number of nitrogens with zero attached hydrogens (tertiary/aromatic N) is 1. The van der Waals surface area contributed by atoms with Crippen molar-refractivity contribution in [3.8, 4) is 11.5 Å². The van der Waals surface area contributed by atoms with Crippen LogP contribution in [0.1, 0.15) is 34.3 Å². The minimum absolute atomic E-state index is 0.0650. The van der Waals surface area contributed by atoms with Gasteiger partial charge in [-0.1, -0.05) is 42.0 Å². The molecule has 1 fully saturated rings. The summed E-state index contributed by atoms with van der Waals surface area (Å²) < 4.78 is 10.7. The van der Waals surface area contributed by atoms with Crippen molar-refractivity contribution >= 4 is 11.9 Å². The second-order valence-corrected chi connectivity index (χ2v) is 7.29. The quantitative estimate of drug-likeness (QED) is 0.771. The summed E-state index contributed by atoms with van der Waals surface area (Å²) in [5.41, 5.74) is 5.04. The average Bonchev–Trinajstić information content (AvgIpc) is 3.03. The first-order valence-electron chi connectivity index (χ1n) is 9.66. The fourth-order valence-corrected chi connectivity index (χ4v) is 3.91. The van der Waals surface area contributed by atoms with Gasteiger partial charge in [-0.05, 0) is 42.2 Å². The number of likely N-dealkylation sites (tertiary alicyclic amines) is 1. The van der Waals surface area contributed by atoms with Crippen molar-refractivity contribution in [3.63, 3.8) is 0 Å². The van der Waals surface area contributed by atoms with Crippen molar-refractivity contribution in [1.29, 1.82) is 0 Å². The number of ketones is 1. The van der Waals surface area contributed by atoms with Crippen LogP contribution in [0, 0.1) is 0 Å². The Bertz CT molecular complexity index is 934. The molecule has 0 atom stereocenters. The Morgan fingerprint density at radius 2 is 1.68 bits per heavy atom. The maximum atomic E-state index is 12.8. The van der Waals surface area contributed by atoms with Crippen LogP contribution in [0.25, 0.3) is 6.08 Å². The first-order valence-corrected chi connectivity index (χ1v) is 9.66. The van der Waals surface area contributed by atoms with E-state index in [1.54, 1.807) is 20.3 Å². The Balaban J connectivity index is 1.44. The van der Waals surface area contributed by atoms with Crippen LogP contribution in [0.4, 0.5) is 0 Å². The molecular formula is C24H25NO3. The molecule has 2 aromatic carbocycles. The van der Waals surface area contributed by atoms with E-state index in [0.717, 1.165) is 43.6 Å². The standard InChI is InChI=1S/C24H25NO3/c1-27-22-14-19-13-20(24(26)21(19)15-23(22)28-2)12-17-8-10-25(11-9-17)16-18-6-4-3-5-7-18/h3-7,12-15H,8-11,16H2,1-2H3. The first kappa shape index (κ1) is 18.5. The molecule has 0 saturated carbocycles. The van der Waals surface area contributed by atoms with Gasteiger partial charge in [0.1, 0.15) is 0 Å². The van der Waals surface area contributed by atoms with Crippen molar-refractivity contribution in [2.24, 2.45) is 0 Å². The van der Waals surface area contributed by atoms with E-state index >= 15 is 0 Å². The van der Waals surface area contributed by atoms with E-state index in [4.69, 9.17) is 9.47 Å². The lowest BCUT2D eigenvalue weighted by molar-refractivity contribution is 0.104. The van der Waals surface area contributed by atoms with Gasteiger partial charge >= 0.3 is 0 Å². The van der Waals surface area contributed by atoms with Gasteiger partial charge in [-0.3, -0.25) is 9.69 Å². The van der Waals surface area contributed by atoms with Crippen LogP contribution >= 0.6 is 0 Å². The molecule has 4 nitrogen and oxygen atoms in total. The number of hydrogen-bond donors (Lipinski definition) is 0. The molecule has 1 aliphatic carbocycles. The van der Waals surface area contributed by atoms with Gasteiger partial charge in [0.15, 0.2) is 17.3 Å². The van der Waals surface area contributed by atoms with E-state index in [9.17, 15) is 4.79 Å². The Kier molecular flexibility index (Phi) is 5.31. The van der Waals surface area contributed by atoms with Crippen molar-refractivity contribution in [1.82, 2.24) is 4.90 Å². The first-order chi connectivity index (χ1) is 13.7. The molecule has 2 aliphatic rings. The van der Waals surface area contributed by atoms with E-state index in [0.29, 0.717) is 17.1 Å². The van der Waals surface area contributed by atoms with Gasteiger partial charge in [0.2, 0.25) is 0 Å². The summed E-state index contributed by atoms with van der Waals surface area (Å²) in [6.45, 7) is 3.04. The molecule has 0 bridgehead atoms. The maximum absolute atomic E-state index is 12.8. The zero-order valence-electron chi connectivity index (χ0n) is 16.4. The predicted molar refractivity (Wildman–Crippen MR) is 111 cm³/mol. The Hall–Kier alpha value is -2.85. The molecule has 0 radical (unpaired) electrons. The number of hydrogen-bond acceptors (Lipinski definition) is 4. The molecule has 4 heteroatoms. The van der Waals surface area contributed by atoms with Gasteiger partial charge in [-0.2, -0.15) is 0 Å². The third-order valence-corrected chi connectivity index (χ3v) is 5.48. The largest absolute Gasteiger partial charge is 0.493 e. The van der Waals surface area contributed by atoms with Gasteiger partial charge in [0.05, 0.1) is 14.2 Å². The summed E-state index contributed by atoms with van der Waals surface area (Å²) in [6.07, 6.45) is 6.05. The highest BCUT2D eigenvalue weighted by Gasteiger charge is 2.25. The van der Waals surface area contributed by atoms with Gasteiger partial charge in [0, 0.05) is 30.8 Å². The van der Waals surface area contributed by atoms with Crippen molar-refractivity contribution in [2.75, 3.05) is 27.3 Å². The lowest BCUT2D eigenvalue weighted by Crippen LogP contribution is -2.30. The molecule has 1 heterocycles. The smallest absolute Gasteiger partial charge is 0.193 e. The number of carbonyl (C=O) groups excluding carboxylic acids is 1. The maximum Gasteiger partial charge on any atom is 0.193 e. The summed E-state index contributed by atoms with van der Waals surface area (Å²) in [7, 11) is 3.19. The summed E-state index contributed by atoms with van der Waals surface area (Å²) in [5.74, 6) is 1.30. The Morgan fingerprint density at radius 3 is 2.36 bits per heavy atom. The third kappa shape index (κ3) is 3.73. The summed E-state index contributed by atoms with van der Waals surface area (Å²) in [4.78, 5) is 15.3. The fraction of sp³-hybridized carbons (Fsp3) is 0.292. The molecule has 2 aromatic rings. The molecule has 0 amide bonds. The molecule has 1 saturated heterocycles.